The molecule has 0 saturated carbocycles. The third-order valence-electron chi connectivity index (χ3n) is 3.36. The van der Waals surface area contributed by atoms with Gasteiger partial charge in [0.2, 0.25) is 6.23 Å². The lowest BCUT2D eigenvalue weighted by Crippen LogP contribution is -2.40. The van der Waals surface area contributed by atoms with Gasteiger partial charge in [0, 0.05) is 6.20 Å². The zero-order valence-electron chi connectivity index (χ0n) is 11.1. The second kappa shape index (κ2) is 5.98. The van der Waals surface area contributed by atoms with Crippen LogP contribution in [0, 0.1) is 0 Å². The lowest BCUT2D eigenvalue weighted by atomic mass is 10.0. The number of rotatable bonds is 4. The van der Waals surface area contributed by atoms with Gasteiger partial charge in [-0.15, -0.1) is 0 Å². The number of primary amides is 1. The van der Waals surface area contributed by atoms with Crippen LogP contribution in [-0.2, 0) is 9.53 Å². The van der Waals surface area contributed by atoms with Crippen LogP contribution in [0.1, 0.15) is 17.9 Å². The van der Waals surface area contributed by atoms with Crippen molar-refractivity contribution in [1.82, 2.24) is 9.55 Å². The molecule has 122 valence electrons. The minimum absolute atomic E-state index is 0.317. The number of carbonyl (C=O) groups is 1. The minimum atomic E-state index is -2.03. The molecule has 11 heteroatoms. The van der Waals surface area contributed by atoms with E-state index in [0.717, 1.165) is 6.20 Å². The first-order valence-electron chi connectivity index (χ1n) is 6.23. The summed E-state index contributed by atoms with van der Waals surface area (Å²) in [5.74, 6) is -1.23. The van der Waals surface area contributed by atoms with Crippen molar-refractivity contribution in [2.75, 3.05) is 6.61 Å². The van der Waals surface area contributed by atoms with Gasteiger partial charge in [-0.3, -0.25) is 19.1 Å². The Balaban J connectivity index is 2.48. The molecule has 1 amide bonds. The van der Waals surface area contributed by atoms with Crippen molar-refractivity contribution in [1.29, 1.82) is 0 Å². The molecule has 1 aliphatic heterocycles. The summed E-state index contributed by atoms with van der Waals surface area (Å²) in [5, 5.41) is 38.1. The van der Waals surface area contributed by atoms with Crippen LogP contribution in [0.15, 0.2) is 15.8 Å². The molecule has 1 aromatic rings. The van der Waals surface area contributed by atoms with E-state index < -0.39 is 54.4 Å². The minimum Gasteiger partial charge on any atom is -0.394 e. The topological polar surface area (TPSA) is 188 Å². The lowest BCUT2D eigenvalue weighted by molar-refractivity contribution is -0.130. The number of hydrogen-bond acceptors (Lipinski definition) is 8. The molecule has 0 spiro atoms. The summed E-state index contributed by atoms with van der Waals surface area (Å²) in [5.41, 5.74) is 2.53. The molecule has 0 bridgehead atoms. The fourth-order valence-corrected chi connectivity index (χ4v) is 2.18. The Morgan fingerprint density at radius 1 is 1.41 bits per heavy atom. The van der Waals surface area contributed by atoms with E-state index in [9.17, 15) is 29.7 Å². The molecule has 0 aliphatic carbocycles. The number of aromatic nitrogens is 2. The van der Waals surface area contributed by atoms with Gasteiger partial charge in [-0.25, -0.2) is 4.79 Å². The highest BCUT2D eigenvalue weighted by atomic mass is 16.6. The molecule has 5 atom stereocenters. The van der Waals surface area contributed by atoms with E-state index in [1.54, 1.807) is 0 Å². The second-order valence-electron chi connectivity index (χ2n) is 4.79. The standard InChI is InChI=1S/C11H15N3O8/c12-8(18)10(20)14-1-3(9(19)13-11(14)21)7-6(17)5(16)4(2-15)22-7/h1,4-7,10,15-17,20H,2H2,(H2,12,18)(H,13,19,21)/t4-,5?,6?,7+,10?/m1/s1. The third-order valence-corrected chi connectivity index (χ3v) is 3.36. The largest absolute Gasteiger partial charge is 0.394 e. The fourth-order valence-electron chi connectivity index (χ4n) is 2.18. The molecule has 1 saturated heterocycles. The summed E-state index contributed by atoms with van der Waals surface area (Å²) in [6.07, 6.45) is -6.70. The number of aliphatic hydroxyl groups excluding tert-OH is 4. The van der Waals surface area contributed by atoms with E-state index in [1.807, 2.05) is 4.98 Å². The Morgan fingerprint density at radius 2 is 2.05 bits per heavy atom. The van der Waals surface area contributed by atoms with Crippen LogP contribution in [0.25, 0.3) is 0 Å². The highest BCUT2D eigenvalue weighted by Gasteiger charge is 2.44. The van der Waals surface area contributed by atoms with E-state index in [1.165, 1.54) is 0 Å². The van der Waals surface area contributed by atoms with E-state index in [0.29, 0.717) is 4.57 Å². The molecule has 11 nitrogen and oxygen atoms in total. The number of ether oxygens (including phenoxy) is 1. The molecule has 0 radical (unpaired) electrons. The summed E-state index contributed by atoms with van der Waals surface area (Å²) >= 11 is 0. The van der Waals surface area contributed by atoms with Crippen LogP contribution < -0.4 is 17.0 Å². The maximum absolute atomic E-state index is 11.8. The van der Waals surface area contributed by atoms with Crippen LogP contribution in [0.2, 0.25) is 0 Å². The molecule has 0 aromatic carbocycles. The molecular formula is C11H15N3O8. The summed E-state index contributed by atoms with van der Waals surface area (Å²) in [4.78, 5) is 36.2. The average molecular weight is 317 g/mol. The van der Waals surface area contributed by atoms with Crippen LogP contribution in [0.4, 0.5) is 0 Å². The maximum Gasteiger partial charge on any atom is 0.330 e. The first-order valence-corrected chi connectivity index (χ1v) is 6.23. The normalized spacial score (nSPS) is 29.5. The predicted octanol–water partition coefficient (Wildman–Crippen LogP) is -4.33. The summed E-state index contributed by atoms with van der Waals surface area (Å²) < 4.78 is 5.61. The number of amides is 1. The van der Waals surface area contributed by atoms with E-state index >= 15 is 0 Å². The summed E-state index contributed by atoms with van der Waals surface area (Å²) in [6, 6.07) is 0. The van der Waals surface area contributed by atoms with Gasteiger partial charge in [0.05, 0.1) is 12.2 Å². The van der Waals surface area contributed by atoms with Gasteiger partial charge in [0.1, 0.15) is 24.4 Å². The molecule has 2 rings (SSSR count). The average Bonchev–Trinajstić information content (AvgIpc) is 2.74. The summed E-state index contributed by atoms with van der Waals surface area (Å²) in [7, 11) is 0. The molecule has 1 aromatic heterocycles. The number of H-pyrrole nitrogens is 1. The Labute approximate surface area is 122 Å². The van der Waals surface area contributed by atoms with Crippen molar-refractivity contribution in [2.24, 2.45) is 5.73 Å². The molecule has 7 N–H and O–H groups in total. The number of nitrogens with zero attached hydrogens (tertiary/aromatic N) is 1. The first-order chi connectivity index (χ1) is 10.3. The van der Waals surface area contributed by atoms with Gasteiger partial charge in [-0.1, -0.05) is 0 Å². The molecule has 2 heterocycles. The fraction of sp³-hybridized carbons (Fsp3) is 0.545. The molecule has 22 heavy (non-hydrogen) atoms. The predicted molar refractivity (Wildman–Crippen MR) is 68.5 cm³/mol. The Hall–Kier alpha value is -2.05. The van der Waals surface area contributed by atoms with Crippen molar-refractivity contribution in [2.45, 2.75) is 30.6 Å². The number of nitrogens with two attached hydrogens (primary N) is 1. The van der Waals surface area contributed by atoms with Gasteiger partial charge in [-0.2, -0.15) is 0 Å². The number of aliphatic hydroxyl groups is 4. The van der Waals surface area contributed by atoms with E-state index in [2.05, 4.69) is 0 Å². The Kier molecular flexibility index (Phi) is 4.44. The van der Waals surface area contributed by atoms with Gasteiger partial charge >= 0.3 is 5.69 Å². The molecule has 1 fully saturated rings. The van der Waals surface area contributed by atoms with Crippen LogP contribution in [0.5, 0.6) is 0 Å². The highest BCUT2D eigenvalue weighted by molar-refractivity contribution is 5.76. The van der Waals surface area contributed by atoms with Crippen molar-refractivity contribution in [3.8, 4) is 0 Å². The highest BCUT2D eigenvalue weighted by Crippen LogP contribution is 2.31. The smallest absolute Gasteiger partial charge is 0.330 e. The maximum atomic E-state index is 11.8. The van der Waals surface area contributed by atoms with Gasteiger partial charge in [0.25, 0.3) is 11.5 Å². The van der Waals surface area contributed by atoms with Gasteiger partial charge in [-0.05, 0) is 0 Å². The van der Waals surface area contributed by atoms with Crippen molar-refractivity contribution >= 4 is 5.91 Å². The lowest BCUT2D eigenvalue weighted by Gasteiger charge is -2.16. The van der Waals surface area contributed by atoms with Crippen LogP contribution >= 0.6 is 0 Å². The Bertz CT molecular complexity index is 683. The number of hydrogen-bond donors (Lipinski definition) is 6. The van der Waals surface area contributed by atoms with Crippen molar-refractivity contribution < 1.29 is 30.0 Å². The van der Waals surface area contributed by atoms with Crippen LogP contribution in [0.3, 0.4) is 0 Å². The number of aromatic amines is 1. The first kappa shape index (κ1) is 16.3. The Morgan fingerprint density at radius 3 is 2.55 bits per heavy atom. The number of carbonyl (C=O) groups excluding carboxylic acids is 1. The second-order valence-corrected chi connectivity index (χ2v) is 4.79. The molecular weight excluding hydrogens is 302 g/mol. The van der Waals surface area contributed by atoms with Crippen molar-refractivity contribution in [3.63, 3.8) is 0 Å². The quantitative estimate of drug-likeness (QED) is 0.321. The van der Waals surface area contributed by atoms with Gasteiger partial charge in [0.15, 0.2) is 0 Å². The molecule has 3 unspecified atom stereocenters. The number of nitrogens with one attached hydrogen (secondary N) is 1. The van der Waals surface area contributed by atoms with E-state index in [4.69, 9.17) is 15.6 Å². The molecule has 1 aliphatic rings. The van der Waals surface area contributed by atoms with Gasteiger partial charge < -0.3 is 30.9 Å². The zero-order chi connectivity index (χ0) is 16.6. The monoisotopic (exact) mass is 317 g/mol. The van der Waals surface area contributed by atoms with E-state index in [-0.39, 0.29) is 5.56 Å². The third kappa shape index (κ3) is 2.67. The zero-order valence-corrected chi connectivity index (χ0v) is 11.1. The summed E-state index contributed by atoms with van der Waals surface area (Å²) in [6.45, 7) is -0.601. The van der Waals surface area contributed by atoms with Crippen LogP contribution in [-0.4, -0.2) is 60.8 Å². The van der Waals surface area contributed by atoms with Crippen molar-refractivity contribution in [3.05, 3.63) is 32.6 Å². The SMILES string of the molecule is NC(=O)C(O)n1cc([C@@H]2O[C@H](CO)C(O)C2O)c(=O)[nH]c1=O.